The second-order valence-corrected chi connectivity index (χ2v) is 4.79. The molecule has 0 spiro atoms. The second kappa shape index (κ2) is 7.99. The highest BCUT2D eigenvalue weighted by atomic mass is 16.1. The van der Waals surface area contributed by atoms with Crippen molar-refractivity contribution in [1.29, 1.82) is 0 Å². The zero-order valence-corrected chi connectivity index (χ0v) is 12.2. The maximum atomic E-state index is 11.9. The minimum Gasteiger partial charge on any atom is -0.369 e. The Bertz CT molecular complexity index is 554. The van der Waals surface area contributed by atoms with Crippen LogP contribution in [0, 0.1) is 0 Å². The molecule has 0 radical (unpaired) electrons. The molecule has 1 aromatic carbocycles. The minimum atomic E-state index is -0.0952. The molecule has 0 saturated carbocycles. The van der Waals surface area contributed by atoms with Gasteiger partial charge in [0.25, 0.3) is 0 Å². The number of hydrogen-bond acceptors (Lipinski definition) is 4. The Morgan fingerprint density at radius 2 is 1.76 bits per heavy atom. The molecule has 0 saturated heterocycles. The lowest BCUT2D eigenvalue weighted by Gasteiger charge is -2.06. The highest BCUT2D eigenvalue weighted by molar-refractivity contribution is 5.91. The van der Waals surface area contributed by atoms with Crippen LogP contribution in [-0.2, 0) is 11.2 Å². The summed E-state index contributed by atoms with van der Waals surface area (Å²) in [5.41, 5.74) is 0.973. The van der Waals surface area contributed by atoms with Gasteiger partial charge in [-0.25, -0.2) is 0 Å². The van der Waals surface area contributed by atoms with Crippen LogP contribution in [0.5, 0.6) is 0 Å². The number of carbonyl (C=O) groups is 1. The molecule has 0 aliphatic heterocycles. The van der Waals surface area contributed by atoms with Crippen LogP contribution in [0.3, 0.4) is 0 Å². The summed E-state index contributed by atoms with van der Waals surface area (Å²) in [6.07, 6.45) is 2.56. The number of aromatic nitrogens is 2. The van der Waals surface area contributed by atoms with Crippen molar-refractivity contribution in [3.05, 3.63) is 48.0 Å². The first kappa shape index (κ1) is 15.0. The first-order chi connectivity index (χ1) is 10.3. The van der Waals surface area contributed by atoms with Crippen molar-refractivity contribution in [2.24, 2.45) is 0 Å². The summed E-state index contributed by atoms with van der Waals surface area (Å²) in [5.74, 6) is 1.10. The molecule has 0 fully saturated rings. The van der Waals surface area contributed by atoms with Crippen LogP contribution >= 0.6 is 0 Å². The van der Waals surface area contributed by atoms with E-state index in [1.54, 1.807) is 6.07 Å². The van der Waals surface area contributed by atoms with E-state index in [1.165, 1.54) is 0 Å². The number of nitrogens with zero attached hydrogens (tertiary/aromatic N) is 2. The Hall–Kier alpha value is -2.43. The largest absolute Gasteiger partial charge is 0.369 e. The van der Waals surface area contributed by atoms with E-state index < -0.39 is 0 Å². The van der Waals surface area contributed by atoms with Crippen LogP contribution < -0.4 is 10.6 Å². The number of rotatable bonds is 7. The molecule has 0 atom stereocenters. The SMILES string of the molecule is CCCCNc1ccc(NC(=O)Cc2ccccc2)nn1. The van der Waals surface area contributed by atoms with Gasteiger partial charge in [-0.1, -0.05) is 43.7 Å². The number of benzene rings is 1. The molecule has 5 nitrogen and oxygen atoms in total. The maximum Gasteiger partial charge on any atom is 0.229 e. The number of unbranched alkanes of at least 4 members (excludes halogenated alkanes) is 1. The number of amides is 1. The Morgan fingerprint density at radius 1 is 1.05 bits per heavy atom. The maximum absolute atomic E-state index is 11.9. The first-order valence-corrected chi connectivity index (χ1v) is 7.19. The van der Waals surface area contributed by atoms with Crippen LogP contribution in [0.15, 0.2) is 42.5 Å². The molecule has 0 aliphatic rings. The van der Waals surface area contributed by atoms with Gasteiger partial charge in [-0.2, -0.15) is 0 Å². The molecule has 1 amide bonds. The topological polar surface area (TPSA) is 66.9 Å². The molecule has 2 rings (SSSR count). The van der Waals surface area contributed by atoms with Gasteiger partial charge in [-0.15, -0.1) is 10.2 Å². The molecule has 21 heavy (non-hydrogen) atoms. The number of carbonyl (C=O) groups excluding carboxylic acids is 1. The summed E-state index contributed by atoms with van der Waals surface area (Å²) < 4.78 is 0. The lowest BCUT2D eigenvalue weighted by Crippen LogP contribution is -2.16. The summed E-state index contributed by atoms with van der Waals surface area (Å²) >= 11 is 0. The van der Waals surface area contributed by atoms with Gasteiger partial charge in [0, 0.05) is 6.54 Å². The summed E-state index contributed by atoms with van der Waals surface area (Å²) in [6.45, 7) is 3.02. The van der Waals surface area contributed by atoms with Crippen LogP contribution in [0.2, 0.25) is 0 Å². The lowest BCUT2D eigenvalue weighted by atomic mass is 10.1. The highest BCUT2D eigenvalue weighted by Crippen LogP contribution is 2.07. The molecule has 110 valence electrons. The highest BCUT2D eigenvalue weighted by Gasteiger charge is 2.05. The van der Waals surface area contributed by atoms with Crippen molar-refractivity contribution in [3.63, 3.8) is 0 Å². The van der Waals surface area contributed by atoms with Crippen LogP contribution in [0.1, 0.15) is 25.3 Å². The van der Waals surface area contributed by atoms with Gasteiger partial charge in [-0.05, 0) is 24.1 Å². The molecule has 5 heteroatoms. The Labute approximate surface area is 124 Å². The summed E-state index contributed by atoms with van der Waals surface area (Å²) in [6, 6.07) is 13.2. The van der Waals surface area contributed by atoms with Gasteiger partial charge < -0.3 is 10.6 Å². The zero-order chi connectivity index (χ0) is 14.9. The summed E-state index contributed by atoms with van der Waals surface area (Å²) in [5, 5.41) is 14.0. The van der Waals surface area contributed by atoms with Crippen molar-refractivity contribution in [2.45, 2.75) is 26.2 Å². The molecule has 2 N–H and O–H groups in total. The number of anilines is 2. The third-order valence-corrected chi connectivity index (χ3v) is 2.98. The normalized spacial score (nSPS) is 10.1. The van der Waals surface area contributed by atoms with Crippen molar-refractivity contribution >= 4 is 17.5 Å². The predicted octanol–water partition coefficient (Wildman–Crippen LogP) is 2.87. The Kier molecular flexibility index (Phi) is 5.70. The zero-order valence-electron chi connectivity index (χ0n) is 12.2. The average Bonchev–Trinajstić information content (AvgIpc) is 2.50. The van der Waals surface area contributed by atoms with Gasteiger partial charge in [0.05, 0.1) is 6.42 Å². The van der Waals surface area contributed by atoms with E-state index in [0.717, 1.165) is 30.8 Å². The van der Waals surface area contributed by atoms with Crippen LogP contribution in [-0.4, -0.2) is 22.6 Å². The van der Waals surface area contributed by atoms with Crippen molar-refractivity contribution < 1.29 is 4.79 Å². The van der Waals surface area contributed by atoms with E-state index in [4.69, 9.17) is 0 Å². The molecule has 2 aromatic rings. The van der Waals surface area contributed by atoms with Crippen molar-refractivity contribution in [1.82, 2.24) is 10.2 Å². The third-order valence-electron chi connectivity index (χ3n) is 2.98. The quantitative estimate of drug-likeness (QED) is 0.767. The van der Waals surface area contributed by atoms with E-state index in [2.05, 4.69) is 27.8 Å². The first-order valence-electron chi connectivity index (χ1n) is 7.19. The number of hydrogen-bond donors (Lipinski definition) is 2. The molecule has 0 unspecified atom stereocenters. The summed E-state index contributed by atoms with van der Waals surface area (Å²) in [7, 11) is 0. The van der Waals surface area contributed by atoms with E-state index in [1.807, 2.05) is 36.4 Å². The number of nitrogens with one attached hydrogen (secondary N) is 2. The van der Waals surface area contributed by atoms with Crippen LogP contribution in [0.4, 0.5) is 11.6 Å². The molecule has 0 bridgehead atoms. The predicted molar refractivity (Wildman–Crippen MR) is 84.2 cm³/mol. The van der Waals surface area contributed by atoms with E-state index in [-0.39, 0.29) is 5.91 Å². The standard InChI is InChI=1S/C16H20N4O/c1-2-3-11-17-14-9-10-15(20-19-14)18-16(21)12-13-7-5-4-6-8-13/h4-10H,2-3,11-12H2,1H3,(H,17,19)(H,18,20,21). The summed E-state index contributed by atoms with van der Waals surface area (Å²) in [4.78, 5) is 11.9. The van der Waals surface area contributed by atoms with E-state index >= 15 is 0 Å². The minimum absolute atomic E-state index is 0.0952. The van der Waals surface area contributed by atoms with E-state index in [9.17, 15) is 4.79 Å². The smallest absolute Gasteiger partial charge is 0.229 e. The van der Waals surface area contributed by atoms with Crippen molar-refractivity contribution in [2.75, 3.05) is 17.2 Å². The Balaban J connectivity index is 1.83. The molecule has 1 aromatic heterocycles. The monoisotopic (exact) mass is 284 g/mol. The average molecular weight is 284 g/mol. The van der Waals surface area contributed by atoms with E-state index in [0.29, 0.717) is 12.2 Å². The Morgan fingerprint density at radius 3 is 2.43 bits per heavy atom. The van der Waals surface area contributed by atoms with Crippen molar-refractivity contribution in [3.8, 4) is 0 Å². The fourth-order valence-corrected chi connectivity index (χ4v) is 1.85. The van der Waals surface area contributed by atoms with Gasteiger partial charge in [0.15, 0.2) is 5.82 Å². The lowest BCUT2D eigenvalue weighted by molar-refractivity contribution is -0.115. The molecule has 1 heterocycles. The second-order valence-electron chi connectivity index (χ2n) is 4.79. The van der Waals surface area contributed by atoms with Crippen LogP contribution in [0.25, 0.3) is 0 Å². The fraction of sp³-hybridized carbons (Fsp3) is 0.312. The molecular formula is C16H20N4O. The third kappa shape index (κ3) is 5.22. The molecule has 0 aliphatic carbocycles. The van der Waals surface area contributed by atoms with Gasteiger partial charge in [0.2, 0.25) is 5.91 Å². The van der Waals surface area contributed by atoms with Gasteiger partial charge >= 0.3 is 0 Å². The van der Waals surface area contributed by atoms with Gasteiger partial charge in [-0.3, -0.25) is 4.79 Å². The van der Waals surface area contributed by atoms with Gasteiger partial charge in [0.1, 0.15) is 5.82 Å². The molecular weight excluding hydrogens is 264 g/mol. The fourth-order valence-electron chi connectivity index (χ4n) is 1.85.